The molecule has 4 heteroatoms. The van der Waals surface area contributed by atoms with Crippen molar-refractivity contribution in [3.63, 3.8) is 0 Å². The van der Waals surface area contributed by atoms with Crippen molar-refractivity contribution >= 4 is 23.5 Å². The maximum Gasteiger partial charge on any atom is 0.232 e. The van der Waals surface area contributed by atoms with E-state index in [9.17, 15) is 9.90 Å². The Bertz CT molecular complexity index is 687. The SMILES string of the molecule is O=C1C(=Cc2ccc(O)cc2)Oc2ccc(Cl)cc21. The van der Waals surface area contributed by atoms with Gasteiger partial charge in [0.15, 0.2) is 5.76 Å². The number of rotatable bonds is 1. The first-order valence-corrected chi connectivity index (χ1v) is 6.04. The van der Waals surface area contributed by atoms with Crippen LogP contribution in [0.5, 0.6) is 11.5 Å². The molecule has 3 nitrogen and oxygen atoms in total. The number of aromatic hydroxyl groups is 1. The van der Waals surface area contributed by atoms with Gasteiger partial charge in [-0.05, 0) is 42.0 Å². The van der Waals surface area contributed by atoms with Crippen LogP contribution in [-0.2, 0) is 0 Å². The lowest BCUT2D eigenvalue weighted by atomic mass is 10.1. The van der Waals surface area contributed by atoms with Crippen molar-refractivity contribution < 1.29 is 14.6 Å². The van der Waals surface area contributed by atoms with E-state index < -0.39 is 0 Å². The van der Waals surface area contributed by atoms with Crippen LogP contribution in [0.1, 0.15) is 15.9 Å². The first kappa shape index (κ1) is 11.8. The Hall–Kier alpha value is -2.26. The molecule has 2 aromatic carbocycles. The van der Waals surface area contributed by atoms with E-state index in [4.69, 9.17) is 16.3 Å². The standard InChI is InChI=1S/C15H9ClO3/c16-10-3-6-13-12(8-10)15(18)14(19-13)7-9-1-4-11(17)5-2-9/h1-8,17H. The van der Waals surface area contributed by atoms with Crippen LogP contribution in [0.15, 0.2) is 48.2 Å². The summed E-state index contributed by atoms with van der Waals surface area (Å²) >= 11 is 5.86. The molecular weight excluding hydrogens is 264 g/mol. The molecular formula is C15H9ClO3. The third kappa shape index (κ3) is 2.20. The van der Waals surface area contributed by atoms with Crippen molar-refractivity contribution in [2.45, 2.75) is 0 Å². The molecule has 0 aromatic heterocycles. The molecule has 0 atom stereocenters. The second-order valence-electron chi connectivity index (χ2n) is 4.17. The lowest BCUT2D eigenvalue weighted by molar-refractivity contribution is 0.101. The number of phenols is 1. The summed E-state index contributed by atoms with van der Waals surface area (Å²) in [5.41, 5.74) is 1.25. The molecule has 0 spiro atoms. The maximum absolute atomic E-state index is 12.1. The van der Waals surface area contributed by atoms with Crippen LogP contribution in [0.2, 0.25) is 5.02 Å². The molecule has 1 aliphatic heterocycles. The number of hydrogen-bond donors (Lipinski definition) is 1. The zero-order valence-electron chi connectivity index (χ0n) is 9.76. The molecule has 3 rings (SSSR count). The Balaban J connectivity index is 1.97. The number of Topliss-reactive ketones (excluding diaryl/α,β-unsaturated/α-hetero) is 1. The summed E-state index contributed by atoms with van der Waals surface area (Å²) in [5.74, 6) is 0.754. The summed E-state index contributed by atoms with van der Waals surface area (Å²) in [4.78, 5) is 12.1. The summed E-state index contributed by atoms with van der Waals surface area (Å²) in [5, 5.41) is 9.71. The first-order chi connectivity index (χ1) is 9.13. The summed E-state index contributed by atoms with van der Waals surface area (Å²) in [6.07, 6.45) is 1.63. The van der Waals surface area contributed by atoms with Crippen LogP contribution >= 0.6 is 11.6 Å². The highest BCUT2D eigenvalue weighted by atomic mass is 35.5. The fourth-order valence-electron chi connectivity index (χ4n) is 1.88. The van der Waals surface area contributed by atoms with E-state index in [0.29, 0.717) is 16.3 Å². The van der Waals surface area contributed by atoms with Gasteiger partial charge in [-0.25, -0.2) is 0 Å². The molecule has 0 unspecified atom stereocenters. The van der Waals surface area contributed by atoms with E-state index in [0.717, 1.165) is 5.56 Å². The lowest BCUT2D eigenvalue weighted by Gasteiger charge is -1.98. The van der Waals surface area contributed by atoms with Crippen molar-refractivity contribution in [1.82, 2.24) is 0 Å². The molecule has 1 N–H and O–H groups in total. The minimum Gasteiger partial charge on any atom is -0.508 e. The van der Waals surface area contributed by atoms with Crippen molar-refractivity contribution in [2.75, 3.05) is 0 Å². The smallest absolute Gasteiger partial charge is 0.232 e. The molecule has 0 saturated carbocycles. The molecule has 19 heavy (non-hydrogen) atoms. The summed E-state index contributed by atoms with van der Waals surface area (Å²) < 4.78 is 5.50. The highest BCUT2D eigenvalue weighted by Gasteiger charge is 2.27. The van der Waals surface area contributed by atoms with Crippen LogP contribution in [-0.4, -0.2) is 10.9 Å². The summed E-state index contributed by atoms with van der Waals surface area (Å²) in [6, 6.07) is 11.5. The van der Waals surface area contributed by atoms with Gasteiger partial charge in [-0.1, -0.05) is 23.7 Å². The van der Waals surface area contributed by atoms with Gasteiger partial charge in [0.05, 0.1) is 5.56 Å². The normalized spacial score (nSPS) is 15.4. The van der Waals surface area contributed by atoms with Gasteiger partial charge >= 0.3 is 0 Å². The monoisotopic (exact) mass is 272 g/mol. The number of hydrogen-bond acceptors (Lipinski definition) is 3. The Morgan fingerprint density at radius 2 is 1.84 bits per heavy atom. The number of ketones is 1. The Kier molecular flexibility index (Phi) is 2.76. The largest absolute Gasteiger partial charge is 0.508 e. The van der Waals surface area contributed by atoms with Gasteiger partial charge in [-0.3, -0.25) is 4.79 Å². The molecule has 0 fully saturated rings. The van der Waals surface area contributed by atoms with E-state index in [1.165, 1.54) is 0 Å². The summed E-state index contributed by atoms with van der Waals surface area (Å²) in [6.45, 7) is 0. The highest BCUT2D eigenvalue weighted by Crippen LogP contribution is 2.33. The quantitative estimate of drug-likeness (QED) is 0.806. The van der Waals surface area contributed by atoms with Crippen molar-refractivity contribution in [3.05, 3.63) is 64.4 Å². The number of carbonyl (C=O) groups excluding carboxylic acids is 1. The molecule has 0 radical (unpaired) electrons. The number of benzene rings is 2. The molecule has 0 aliphatic carbocycles. The average Bonchev–Trinajstić information content (AvgIpc) is 2.70. The van der Waals surface area contributed by atoms with E-state index >= 15 is 0 Å². The average molecular weight is 273 g/mol. The van der Waals surface area contributed by atoms with Crippen LogP contribution in [0.4, 0.5) is 0 Å². The molecule has 0 saturated heterocycles. The van der Waals surface area contributed by atoms with Gasteiger partial charge < -0.3 is 9.84 Å². The van der Waals surface area contributed by atoms with Crippen LogP contribution in [0.25, 0.3) is 6.08 Å². The number of halogens is 1. The van der Waals surface area contributed by atoms with Crippen molar-refractivity contribution in [3.8, 4) is 11.5 Å². The van der Waals surface area contributed by atoms with Gasteiger partial charge in [0.2, 0.25) is 5.78 Å². The fraction of sp³-hybridized carbons (Fsp3) is 0. The minimum absolute atomic E-state index is 0.177. The van der Waals surface area contributed by atoms with Crippen molar-refractivity contribution in [2.24, 2.45) is 0 Å². The Morgan fingerprint density at radius 1 is 1.11 bits per heavy atom. The van der Waals surface area contributed by atoms with E-state index in [1.54, 1.807) is 48.5 Å². The molecule has 94 valence electrons. The number of phenolic OH excluding ortho intramolecular Hbond substituents is 1. The van der Waals surface area contributed by atoms with Gasteiger partial charge in [-0.2, -0.15) is 0 Å². The molecule has 2 aromatic rings. The van der Waals surface area contributed by atoms with Gasteiger partial charge in [-0.15, -0.1) is 0 Å². The number of allylic oxidation sites excluding steroid dienone is 1. The fourth-order valence-corrected chi connectivity index (χ4v) is 2.06. The molecule has 1 heterocycles. The molecule has 1 aliphatic rings. The zero-order chi connectivity index (χ0) is 13.4. The predicted molar refractivity (Wildman–Crippen MR) is 72.5 cm³/mol. The van der Waals surface area contributed by atoms with Gasteiger partial charge in [0.25, 0.3) is 0 Å². The first-order valence-electron chi connectivity index (χ1n) is 5.66. The second kappa shape index (κ2) is 4.44. The predicted octanol–water partition coefficient (Wildman–Crippen LogP) is 3.66. The van der Waals surface area contributed by atoms with E-state index in [1.807, 2.05) is 0 Å². The number of fused-ring (bicyclic) bond motifs is 1. The van der Waals surface area contributed by atoms with Crippen LogP contribution in [0.3, 0.4) is 0 Å². The number of carbonyl (C=O) groups is 1. The van der Waals surface area contributed by atoms with Crippen LogP contribution < -0.4 is 4.74 Å². The third-order valence-corrected chi connectivity index (χ3v) is 3.06. The van der Waals surface area contributed by atoms with Crippen molar-refractivity contribution in [1.29, 1.82) is 0 Å². The Morgan fingerprint density at radius 3 is 2.58 bits per heavy atom. The van der Waals surface area contributed by atoms with Gasteiger partial charge in [0, 0.05) is 5.02 Å². The molecule has 0 bridgehead atoms. The summed E-state index contributed by atoms with van der Waals surface area (Å²) in [7, 11) is 0. The van der Waals surface area contributed by atoms with Crippen LogP contribution in [0, 0.1) is 0 Å². The topological polar surface area (TPSA) is 46.5 Å². The number of ether oxygens (including phenoxy) is 1. The second-order valence-corrected chi connectivity index (χ2v) is 4.61. The third-order valence-electron chi connectivity index (χ3n) is 2.82. The molecule has 0 amide bonds. The minimum atomic E-state index is -0.189. The zero-order valence-corrected chi connectivity index (χ0v) is 10.5. The maximum atomic E-state index is 12.1. The lowest BCUT2D eigenvalue weighted by Crippen LogP contribution is -1.97. The van der Waals surface area contributed by atoms with E-state index in [-0.39, 0.29) is 17.3 Å². The highest BCUT2D eigenvalue weighted by molar-refractivity contribution is 6.31. The van der Waals surface area contributed by atoms with Gasteiger partial charge in [0.1, 0.15) is 11.5 Å². The Labute approximate surface area is 114 Å². The van der Waals surface area contributed by atoms with E-state index in [2.05, 4.69) is 0 Å².